The zero-order valence-corrected chi connectivity index (χ0v) is 15.3. The fourth-order valence-corrected chi connectivity index (χ4v) is 5.82. The number of piperidine rings is 1. The second-order valence-electron chi connectivity index (χ2n) is 7.18. The molecule has 4 rings (SSSR count). The maximum atomic E-state index is 13.0. The fraction of sp³-hybridized carbons (Fsp3) is 0.421. The van der Waals surface area contributed by atoms with Gasteiger partial charge in [0.1, 0.15) is 0 Å². The van der Waals surface area contributed by atoms with Crippen LogP contribution in [0.3, 0.4) is 0 Å². The number of fused-ring (bicyclic) bond motifs is 2. The molecule has 26 heavy (non-hydrogen) atoms. The molecule has 3 atom stereocenters. The average molecular weight is 373 g/mol. The summed E-state index contributed by atoms with van der Waals surface area (Å²) in [5, 5.41) is 0. The van der Waals surface area contributed by atoms with E-state index in [9.17, 15) is 13.2 Å². The average Bonchev–Trinajstić information content (AvgIpc) is 3.27. The Labute approximate surface area is 153 Å². The standard InChI is InChI=1S/C19H23N3O3S/c23-19-8-4-5-11-21(19)14-18(16-6-2-1-3-7-16)20-26(24,25)22-13-15-9-10-17(22)12-15/h1-8,11,15,17-18,20H,9-10,12-14H2. The number of hydrogen-bond acceptors (Lipinski definition) is 3. The molecule has 1 aromatic heterocycles. The van der Waals surface area contributed by atoms with Crippen molar-refractivity contribution in [2.24, 2.45) is 5.92 Å². The molecule has 2 fully saturated rings. The number of nitrogens with one attached hydrogen (secondary N) is 1. The highest BCUT2D eigenvalue weighted by Gasteiger charge is 2.44. The van der Waals surface area contributed by atoms with Crippen LogP contribution in [0, 0.1) is 5.92 Å². The largest absolute Gasteiger partial charge is 0.314 e. The highest BCUT2D eigenvalue weighted by molar-refractivity contribution is 7.87. The first-order chi connectivity index (χ1) is 12.5. The molecule has 138 valence electrons. The summed E-state index contributed by atoms with van der Waals surface area (Å²) in [6.45, 7) is 0.859. The number of rotatable bonds is 6. The number of pyridine rings is 1. The molecule has 2 heterocycles. The summed E-state index contributed by atoms with van der Waals surface area (Å²) < 4.78 is 32.0. The van der Waals surface area contributed by atoms with Crippen LogP contribution in [0.2, 0.25) is 0 Å². The lowest BCUT2D eigenvalue weighted by Crippen LogP contribution is -2.47. The molecule has 7 heteroatoms. The smallest absolute Gasteiger partial charge is 0.280 e. The van der Waals surface area contributed by atoms with E-state index in [0.717, 1.165) is 24.8 Å². The van der Waals surface area contributed by atoms with Crippen molar-refractivity contribution < 1.29 is 8.42 Å². The van der Waals surface area contributed by atoms with Crippen LogP contribution in [0.15, 0.2) is 59.5 Å². The van der Waals surface area contributed by atoms with Crippen LogP contribution < -0.4 is 10.3 Å². The van der Waals surface area contributed by atoms with E-state index in [0.29, 0.717) is 12.5 Å². The van der Waals surface area contributed by atoms with Gasteiger partial charge in [0, 0.05) is 31.4 Å². The maximum Gasteiger partial charge on any atom is 0.280 e. The Hall–Kier alpha value is -1.96. The topological polar surface area (TPSA) is 71.4 Å². The van der Waals surface area contributed by atoms with Crippen LogP contribution in [-0.4, -0.2) is 29.9 Å². The molecule has 0 spiro atoms. The van der Waals surface area contributed by atoms with Crippen LogP contribution in [0.25, 0.3) is 0 Å². The summed E-state index contributed by atoms with van der Waals surface area (Å²) in [6, 6.07) is 14.0. The van der Waals surface area contributed by atoms with Crippen molar-refractivity contribution in [2.45, 2.75) is 37.9 Å². The van der Waals surface area contributed by atoms with E-state index in [1.807, 2.05) is 30.3 Å². The second-order valence-corrected chi connectivity index (χ2v) is 8.83. The minimum atomic E-state index is -3.60. The molecule has 1 aliphatic carbocycles. The van der Waals surface area contributed by atoms with E-state index < -0.39 is 16.3 Å². The molecule has 1 N–H and O–H groups in total. The van der Waals surface area contributed by atoms with E-state index in [4.69, 9.17) is 0 Å². The predicted octanol–water partition coefficient (Wildman–Crippen LogP) is 1.91. The summed E-state index contributed by atoms with van der Waals surface area (Å²) in [4.78, 5) is 12.1. The van der Waals surface area contributed by atoms with Crippen molar-refractivity contribution >= 4 is 10.2 Å². The Morgan fingerprint density at radius 1 is 1.08 bits per heavy atom. The number of nitrogens with zero attached hydrogens (tertiary/aromatic N) is 2. The van der Waals surface area contributed by atoms with E-state index >= 15 is 0 Å². The molecular formula is C19H23N3O3S. The van der Waals surface area contributed by atoms with Crippen LogP contribution in [0.4, 0.5) is 0 Å². The molecule has 2 aromatic rings. The van der Waals surface area contributed by atoms with Crippen molar-refractivity contribution in [1.82, 2.24) is 13.6 Å². The van der Waals surface area contributed by atoms with Gasteiger partial charge in [-0.05, 0) is 36.8 Å². The van der Waals surface area contributed by atoms with Crippen molar-refractivity contribution in [3.63, 3.8) is 0 Å². The van der Waals surface area contributed by atoms with Gasteiger partial charge in [-0.3, -0.25) is 4.79 Å². The number of hydrogen-bond donors (Lipinski definition) is 1. The SMILES string of the molecule is O=c1ccccn1CC(NS(=O)(=O)N1CC2CCC1C2)c1ccccc1. The highest BCUT2D eigenvalue weighted by atomic mass is 32.2. The van der Waals surface area contributed by atoms with Gasteiger partial charge >= 0.3 is 0 Å². The van der Waals surface area contributed by atoms with Crippen molar-refractivity contribution in [1.29, 1.82) is 0 Å². The van der Waals surface area contributed by atoms with Crippen LogP contribution in [0.1, 0.15) is 30.9 Å². The van der Waals surface area contributed by atoms with E-state index in [1.165, 1.54) is 10.6 Å². The molecular weight excluding hydrogens is 350 g/mol. The van der Waals surface area contributed by atoms with E-state index in [1.54, 1.807) is 22.6 Å². The maximum absolute atomic E-state index is 13.0. The van der Waals surface area contributed by atoms with E-state index in [-0.39, 0.29) is 18.1 Å². The highest BCUT2D eigenvalue weighted by Crippen LogP contribution is 2.39. The van der Waals surface area contributed by atoms with Gasteiger partial charge in [0.05, 0.1) is 6.04 Å². The molecule has 1 aliphatic heterocycles. The van der Waals surface area contributed by atoms with Crippen LogP contribution in [0.5, 0.6) is 0 Å². The molecule has 0 radical (unpaired) electrons. The lowest BCUT2D eigenvalue weighted by molar-refractivity contribution is 0.324. The third kappa shape index (κ3) is 3.47. The molecule has 1 aromatic carbocycles. The first-order valence-electron chi connectivity index (χ1n) is 9.02. The molecule has 2 bridgehead atoms. The van der Waals surface area contributed by atoms with Gasteiger partial charge in [0.25, 0.3) is 15.8 Å². The molecule has 6 nitrogen and oxygen atoms in total. The van der Waals surface area contributed by atoms with Crippen LogP contribution >= 0.6 is 0 Å². The van der Waals surface area contributed by atoms with Crippen molar-refractivity contribution in [3.8, 4) is 0 Å². The molecule has 1 saturated heterocycles. The summed E-state index contributed by atoms with van der Waals surface area (Å²) in [6.07, 6.45) is 4.72. The summed E-state index contributed by atoms with van der Waals surface area (Å²) >= 11 is 0. The summed E-state index contributed by atoms with van der Waals surface area (Å²) in [5.74, 6) is 0.489. The predicted molar refractivity (Wildman–Crippen MR) is 99.8 cm³/mol. The summed E-state index contributed by atoms with van der Waals surface area (Å²) in [5.41, 5.74) is 0.698. The molecule has 3 unspecified atom stereocenters. The quantitative estimate of drug-likeness (QED) is 0.841. The lowest BCUT2D eigenvalue weighted by Gasteiger charge is -2.29. The lowest BCUT2D eigenvalue weighted by atomic mass is 10.1. The monoisotopic (exact) mass is 373 g/mol. The van der Waals surface area contributed by atoms with E-state index in [2.05, 4.69) is 4.72 Å². The zero-order valence-electron chi connectivity index (χ0n) is 14.5. The first kappa shape index (κ1) is 17.5. The molecule has 2 aliphatic rings. The Balaban J connectivity index is 1.61. The Morgan fingerprint density at radius 3 is 2.50 bits per heavy atom. The fourth-order valence-electron chi connectivity index (χ4n) is 4.13. The van der Waals surface area contributed by atoms with Crippen LogP contribution in [-0.2, 0) is 16.8 Å². The van der Waals surface area contributed by atoms with Gasteiger partial charge in [0.2, 0.25) is 0 Å². The van der Waals surface area contributed by atoms with Gasteiger partial charge in [-0.1, -0.05) is 36.4 Å². The number of aromatic nitrogens is 1. The van der Waals surface area contributed by atoms with Crippen molar-refractivity contribution in [3.05, 3.63) is 70.6 Å². The van der Waals surface area contributed by atoms with Crippen molar-refractivity contribution in [2.75, 3.05) is 6.54 Å². The third-order valence-electron chi connectivity index (χ3n) is 5.44. The molecule has 0 amide bonds. The second kappa shape index (κ2) is 6.98. The van der Waals surface area contributed by atoms with Gasteiger partial charge < -0.3 is 4.57 Å². The summed E-state index contributed by atoms with van der Waals surface area (Å²) in [7, 11) is -3.60. The number of benzene rings is 1. The zero-order chi connectivity index (χ0) is 18.1. The Bertz CT molecular complexity index is 926. The third-order valence-corrected chi connectivity index (χ3v) is 7.09. The van der Waals surface area contributed by atoms with Gasteiger partial charge in [-0.25, -0.2) is 0 Å². The Kier molecular flexibility index (Phi) is 4.69. The Morgan fingerprint density at radius 2 is 1.85 bits per heavy atom. The van der Waals surface area contributed by atoms with Gasteiger partial charge in [0.15, 0.2) is 0 Å². The first-order valence-corrected chi connectivity index (χ1v) is 10.5. The normalized spacial score (nSPS) is 24.0. The minimum Gasteiger partial charge on any atom is -0.314 e. The minimum absolute atomic E-state index is 0.119. The van der Waals surface area contributed by atoms with Gasteiger partial charge in [-0.15, -0.1) is 0 Å². The molecule has 1 saturated carbocycles. The van der Waals surface area contributed by atoms with Gasteiger partial charge in [-0.2, -0.15) is 17.4 Å².